The monoisotopic (exact) mass is 524 g/mol. The summed E-state index contributed by atoms with van der Waals surface area (Å²) < 4.78 is 3.32. The molecule has 0 bridgehead atoms. The van der Waals surface area contributed by atoms with Crippen molar-refractivity contribution in [1.29, 1.82) is 0 Å². The average molecular weight is 525 g/mol. The zero-order valence-electron chi connectivity index (χ0n) is 16.6. The molecule has 0 radical (unpaired) electrons. The van der Waals surface area contributed by atoms with Crippen molar-refractivity contribution in [3.63, 3.8) is 0 Å². The van der Waals surface area contributed by atoms with Gasteiger partial charge in [-0.1, -0.05) is 24.6 Å². The highest BCUT2D eigenvalue weighted by Gasteiger charge is 2.21. The van der Waals surface area contributed by atoms with Gasteiger partial charge in [-0.15, -0.1) is 0 Å². The van der Waals surface area contributed by atoms with Gasteiger partial charge in [-0.3, -0.25) is 0 Å². The first-order valence-electron chi connectivity index (χ1n) is 10.3. The fourth-order valence-electron chi connectivity index (χ4n) is 3.84. The van der Waals surface area contributed by atoms with Crippen molar-refractivity contribution in [3.05, 3.63) is 33.0 Å². The molecular formula is C21H26ClIN6. The second kappa shape index (κ2) is 9.57. The molecule has 1 aromatic carbocycles. The Bertz CT molecular complexity index is 962. The third-order valence-electron chi connectivity index (χ3n) is 5.43. The van der Waals surface area contributed by atoms with Gasteiger partial charge in [-0.25, -0.2) is 9.97 Å². The molecule has 4 rings (SSSR count). The fourth-order valence-corrected chi connectivity index (χ4v) is 4.99. The van der Waals surface area contributed by atoms with Gasteiger partial charge in [0, 0.05) is 22.2 Å². The molecule has 3 aromatic rings. The molecular weight excluding hydrogens is 499 g/mol. The number of imidazole rings is 1. The first-order chi connectivity index (χ1) is 14.2. The minimum Gasteiger partial charge on any atom is -0.354 e. The molecule has 0 unspecified atom stereocenters. The maximum absolute atomic E-state index is 6.60. The van der Waals surface area contributed by atoms with Gasteiger partial charge in [0.05, 0.1) is 11.2 Å². The highest BCUT2D eigenvalue weighted by atomic mass is 127. The van der Waals surface area contributed by atoms with E-state index in [4.69, 9.17) is 21.6 Å². The predicted octanol–water partition coefficient (Wildman–Crippen LogP) is 4.96. The molecule has 2 N–H and O–H groups in total. The van der Waals surface area contributed by atoms with E-state index < -0.39 is 0 Å². The summed E-state index contributed by atoms with van der Waals surface area (Å²) in [4.78, 5) is 14.1. The third-order valence-corrected chi connectivity index (χ3v) is 6.64. The summed E-state index contributed by atoms with van der Waals surface area (Å²) in [6, 6.07) is 5.97. The smallest absolute Gasteiger partial charge is 0.224 e. The van der Waals surface area contributed by atoms with Gasteiger partial charge in [0.25, 0.3) is 0 Å². The number of piperidine rings is 1. The van der Waals surface area contributed by atoms with Crippen LogP contribution in [-0.4, -0.2) is 39.2 Å². The van der Waals surface area contributed by atoms with Crippen LogP contribution in [0.2, 0.25) is 5.02 Å². The van der Waals surface area contributed by atoms with E-state index >= 15 is 0 Å². The quantitative estimate of drug-likeness (QED) is 0.428. The Labute approximate surface area is 190 Å². The highest BCUT2D eigenvalue weighted by molar-refractivity contribution is 14.1. The second-order valence-electron chi connectivity index (χ2n) is 7.49. The van der Waals surface area contributed by atoms with Crippen LogP contribution in [-0.2, 0) is 6.54 Å². The van der Waals surface area contributed by atoms with Crippen molar-refractivity contribution in [1.82, 2.24) is 24.8 Å². The van der Waals surface area contributed by atoms with Crippen LogP contribution >= 0.6 is 34.2 Å². The Morgan fingerprint density at radius 2 is 2.10 bits per heavy atom. The largest absolute Gasteiger partial charge is 0.354 e. The van der Waals surface area contributed by atoms with Gasteiger partial charge in [0.1, 0.15) is 11.3 Å². The highest BCUT2D eigenvalue weighted by Crippen LogP contribution is 2.34. The van der Waals surface area contributed by atoms with E-state index in [-0.39, 0.29) is 0 Å². The normalized spacial score (nSPS) is 15.1. The van der Waals surface area contributed by atoms with Crippen LogP contribution in [0.4, 0.5) is 5.95 Å². The molecule has 1 saturated heterocycles. The second-order valence-corrected chi connectivity index (χ2v) is 9.06. The van der Waals surface area contributed by atoms with Gasteiger partial charge in [0.15, 0.2) is 5.65 Å². The number of halogens is 2. The van der Waals surface area contributed by atoms with Crippen LogP contribution in [0.5, 0.6) is 0 Å². The first kappa shape index (κ1) is 20.8. The maximum Gasteiger partial charge on any atom is 0.224 e. The molecule has 1 fully saturated rings. The number of aryl methyl sites for hydroxylation is 1. The predicted molar refractivity (Wildman–Crippen MR) is 127 cm³/mol. The molecule has 8 heteroatoms. The molecule has 0 amide bonds. The fraction of sp³-hybridized carbons (Fsp3) is 0.476. The van der Waals surface area contributed by atoms with E-state index in [1.54, 1.807) is 0 Å². The van der Waals surface area contributed by atoms with Gasteiger partial charge in [0.2, 0.25) is 5.95 Å². The van der Waals surface area contributed by atoms with Crippen LogP contribution in [0, 0.1) is 9.49 Å². The van der Waals surface area contributed by atoms with Crippen molar-refractivity contribution >= 4 is 51.3 Å². The Morgan fingerprint density at radius 3 is 2.86 bits per heavy atom. The average Bonchev–Trinajstić information content (AvgIpc) is 3.08. The molecule has 29 heavy (non-hydrogen) atoms. The summed E-state index contributed by atoms with van der Waals surface area (Å²) >= 11 is 8.93. The number of benzene rings is 1. The molecule has 6 nitrogen and oxygen atoms in total. The molecule has 1 aliphatic rings. The van der Waals surface area contributed by atoms with E-state index in [1.165, 1.54) is 12.8 Å². The van der Waals surface area contributed by atoms with E-state index in [0.717, 1.165) is 71.1 Å². The third kappa shape index (κ3) is 4.67. The van der Waals surface area contributed by atoms with Crippen molar-refractivity contribution in [2.24, 2.45) is 5.92 Å². The molecule has 1 aliphatic heterocycles. The molecule has 0 spiro atoms. The van der Waals surface area contributed by atoms with Crippen LogP contribution in [0.1, 0.15) is 32.6 Å². The summed E-state index contributed by atoms with van der Waals surface area (Å²) in [5, 5.41) is 7.46. The summed E-state index contributed by atoms with van der Waals surface area (Å²) in [6.07, 6.45) is 6.41. The van der Waals surface area contributed by atoms with Gasteiger partial charge < -0.3 is 15.2 Å². The Morgan fingerprint density at radius 1 is 1.28 bits per heavy atom. The number of aromatic nitrogens is 4. The summed E-state index contributed by atoms with van der Waals surface area (Å²) in [5.74, 6) is 2.26. The first-order valence-corrected chi connectivity index (χ1v) is 11.7. The minimum absolute atomic E-state index is 0.655. The number of anilines is 1. The zero-order valence-corrected chi connectivity index (χ0v) is 19.5. The van der Waals surface area contributed by atoms with Crippen LogP contribution < -0.4 is 10.6 Å². The Kier molecular flexibility index (Phi) is 6.87. The van der Waals surface area contributed by atoms with Crippen molar-refractivity contribution in [3.8, 4) is 11.4 Å². The van der Waals surface area contributed by atoms with Gasteiger partial charge >= 0.3 is 0 Å². The van der Waals surface area contributed by atoms with Crippen molar-refractivity contribution in [2.75, 3.05) is 25.0 Å². The van der Waals surface area contributed by atoms with Gasteiger partial charge in [-0.2, -0.15) is 4.98 Å². The number of nitrogens with one attached hydrogen (secondary N) is 2. The van der Waals surface area contributed by atoms with Gasteiger partial charge in [-0.05, 0) is 79.4 Å². The Balaban J connectivity index is 1.76. The van der Waals surface area contributed by atoms with E-state index in [1.807, 2.05) is 18.3 Å². The lowest BCUT2D eigenvalue weighted by Gasteiger charge is -2.23. The maximum atomic E-state index is 6.60. The number of nitrogens with zero attached hydrogens (tertiary/aromatic N) is 4. The summed E-state index contributed by atoms with van der Waals surface area (Å²) in [6.45, 7) is 6.08. The lowest BCUT2D eigenvalue weighted by atomic mass is 9.95. The zero-order chi connectivity index (χ0) is 20.2. The number of rotatable bonds is 7. The molecule has 2 aromatic heterocycles. The SMILES string of the molecule is CCCNc1ncc2nc(-c3c(Cl)cccc3I)n(CCC3CCNCC3)c2n1. The number of hydrogen-bond acceptors (Lipinski definition) is 5. The summed E-state index contributed by atoms with van der Waals surface area (Å²) in [5.41, 5.74) is 2.66. The standard InChI is InChI=1S/C21H26ClIN6/c1-2-9-25-21-26-13-17-19(28-21)29(12-8-14-6-10-24-11-7-14)20(27-17)18-15(22)4-3-5-16(18)23/h3-5,13-14,24H,2,6-12H2,1H3,(H,25,26,28). The summed E-state index contributed by atoms with van der Waals surface area (Å²) in [7, 11) is 0. The van der Waals surface area contributed by atoms with Crippen LogP contribution in [0.3, 0.4) is 0 Å². The van der Waals surface area contributed by atoms with E-state index in [0.29, 0.717) is 11.0 Å². The van der Waals surface area contributed by atoms with Crippen molar-refractivity contribution < 1.29 is 0 Å². The van der Waals surface area contributed by atoms with Crippen molar-refractivity contribution in [2.45, 2.75) is 39.2 Å². The molecule has 3 heterocycles. The number of fused-ring (bicyclic) bond motifs is 1. The minimum atomic E-state index is 0.655. The molecule has 0 saturated carbocycles. The molecule has 0 atom stereocenters. The molecule has 154 valence electrons. The lowest BCUT2D eigenvalue weighted by molar-refractivity contribution is 0.339. The van der Waals surface area contributed by atoms with Crippen LogP contribution in [0.15, 0.2) is 24.4 Å². The number of hydrogen-bond donors (Lipinski definition) is 2. The molecule has 0 aliphatic carbocycles. The lowest BCUT2D eigenvalue weighted by Crippen LogP contribution is -2.28. The topological polar surface area (TPSA) is 67.7 Å². The van der Waals surface area contributed by atoms with Crippen LogP contribution in [0.25, 0.3) is 22.6 Å². The van der Waals surface area contributed by atoms with E-state index in [9.17, 15) is 0 Å². The van der Waals surface area contributed by atoms with E-state index in [2.05, 4.69) is 55.8 Å². The Hall–Kier alpha value is -1.45.